The lowest BCUT2D eigenvalue weighted by Gasteiger charge is -2.17. The number of hydrogen-bond donors (Lipinski definition) is 4. The van der Waals surface area contributed by atoms with Crippen molar-refractivity contribution < 1.29 is 9.47 Å². The van der Waals surface area contributed by atoms with Gasteiger partial charge in [-0.05, 0) is 63.9 Å². The predicted octanol–water partition coefficient (Wildman–Crippen LogP) is 5.18. The molecule has 0 amide bonds. The average molecular weight is 562 g/mol. The van der Waals surface area contributed by atoms with Crippen molar-refractivity contribution in [2.45, 2.75) is 46.2 Å². The lowest BCUT2D eigenvalue weighted by Crippen LogP contribution is -2.33. The van der Waals surface area contributed by atoms with Gasteiger partial charge in [-0.25, -0.2) is 4.98 Å². The highest BCUT2D eigenvalue weighted by molar-refractivity contribution is 6.43. The molecule has 0 aliphatic rings. The standard InChI is InChI=1S/C28H38Cl2N6O2/c1-18-8-4-9-19(2)26(18)38-17-20(3)34-13-7-15-37-14-6-12-33-16-23-24(27(31)36-28(32)35-23)21-10-5-11-22(29)25(21)30/h4-5,8-11,20,33-34H,6-7,12-17H2,1-3H3,(H4,31,32,35,36). The van der Waals surface area contributed by atoms with Crippen LogP contribution >= 0.6 is 23.2 Å². The van der Waals surface area contributed by atoms with E-state index in [1.165, 1.54) is 0 Å². The Hall–Kier alpha value is -2.62. The van der Waals surface area contributed by atoms with Crippen LogP contribution in [-0.4, -0.2) is 48.9 Å². The summed E-state index contributed by atoms with van der Waals surface area (Å²) in [5.41, 5.74) is 16.3. The molecular weight excluding hydrogens is 523 g/mol. The molecule has 1 atom stereocenters. The largest absolute Gasteiger partial charge is 0.491 e. The highest BCUT2D eigenvalue weighted by Crippen LogP contribution is 2.37. The summed E-state index contributed by atoms with van der Waals surface area (Å²) in [4.78, 5) is 8.48. The topological polar surface area (TPSA) is 120 Å². The molecule has 0 saturated carbocycles. The van der Waals surface area contributed by atoms with Gasteiger partial charge in [-0.2, -0.15) is 4.98 Å². The molecule has 0 aliphatic heterocycles. The third-order valence-corrected chi connectivity index (χ3v) is 6.85. The maximum absolute atomic E-state index is 6.41. The highest BCUT2D eigenvalue weighted by Gasteiger charge is 2.17. The summed E-state index contributed by atoms with van der Waals surface area (Å²) >= 11 is 12.6. The third kappa shape index (κ3) is 8.71. The van der Waals surface area contributed by atoms with Gasteiger partial charge in [0.05, 0.1) is 15.7 Å². The third-order valence-electron chi connectivity index (χ3n) is 6.03. The van der Waals surface area contributed by atoms with Crippen molar-refractivity contribution in [2.24, 2.45) is 0 Å². The predicted molar refractivity (Wildman–Crippen MR) is 157 cm³/mol. The smallest absolute Gasteiger partial charge is 0.222 e. The van der Waals surface area contributed by atoms with Crippen LogP contribution in [0.4, 0.5) is 11.8 Å². The Bertz CT molecular complexity index is 1170. The van der Waals surface area contributed by atoms with Gasteiger partial charge in [0, 0.05) is 36.9 Å². The Kier molecular flexibility index (Phi) is 11.9. The maximum atomic E-state index is 6.41. The number of aryl methyl sites for hydroxylation is 2. The molecular formula is C28H38Cl2N6O2. The van der Waals surface area contributed by atoms with Crippen molar-refractivity contribution in [1.82, 2.24) is 20.6 Å². The van der Waals surface area contributed by atoms with Gasteiger partial charge in [0.2, 0.25) is 5.95 Å². The van der Waals surface area contributed by atoms with Crippen molar-refractivity contribution in [3.05, 3.63) is 63.3 Å². The van der Waals surface area contributed by atoms with Gasteiger partial charge in [-0.1, -0.05) is 53.5 Å². The van der Waals surface area contributed by atoms with E-state index >= 15 is 0 Å². The highest BCUT2D eigenvalue weighted by atomic mass is 35.5. The molecule has 1 unspecified atom stereocenters. The summed E-state index contributed by atoms with van der Waals surface area (Å²) in [6.07, 6.45) is 1.79. The fourth-order valence-electron chi connectivity index (χ4n) is 4.09. The Morgan fingerprint density at radius 2 is 1.63 bits per heavy atom. The lowest BCUT2D eigenvalue weighted by molar-refractivity contribution is 0.128. The van der Waals surface area contributed by atoms with Crippen LogP contribution < -0.4 is 26.8 Å². The second-order valence-corrected chi connectivity index (χ2v) is 10.1. The second kappa shape index (κ2) is 15.1. The van der Waals surface area contributed by atoms with Gasteiger partial charge in [0.1, 0.15) is 18.2 Å². The summed E-state index contributed by atoms with van der Waals surface area (Å²) in [5, 5.41) is 7.70. The first-order valence-corrected chi connectivity index (χ1v) is 13.6. The van der Waals surface area contributed by atoms with E-state index in [9.17, 15) is 0 Å². The van der Waals surface area contributed by atoms with Crippen molar-refractivity contribution in [3.63, 3.8) is 0 Å². The van der Waals surface area contributed by atoms with Crippen molar-refractivity contribution in [3.8, 4) is 16.9 Å². The summed E-state index contributed by atoms with van der Waals surface area (Å²) < 4.78 is 11.8. The minimum atomic E-state index is 0.115. The molecule has 10 heteroatoms. The Balaban J connectivity index is 1.31. The molecule has 38 heavy (non-hydrogen) atoms. The first kappa shape index (κ1) is 29.9. The minimum absolute atomic E-state index is 0.115. The van der Waals surface area contributed by atoms with Crippen molar-refractivity contribution >= 4 is 35.0 Å². The van der Waals surface area contributed by atoms with E-state index in [4.69, 9.17) is 44.1 Å². The van der Waals surface area contributed by atoms with E-state index in [1.807, 2.05) is 12.1 Å². The minimum Gasteiger partial charge on any atom is -0.491 e. The fourth-order valence-corrected chi connectivity index (χ4v) is 4.48. The van der Waals surface area contributed by atoms with E-state index in [0.717, 1.165) is 42.8 Å². The van der Waals surface area contributed by atoms with Crippen LogP contribution in [0.25, 0.3) is 11.1 Å². The summed E-state index contributed by atoms with van der Waals surface area (Å²) in [6, 6.07) is 11.8. The average Bonchev–Trinajstić information content (AvgIpc) is 2.86. The van der Waals surface area contributed by atoms with Gasteiger partial charge in [0.15, 0.2) is 0 Å². The molecule has 206 valence electrons. The Labute approximate surface area is 235 Å². The SMILES string of the molecule is Cc1cccc(C)c1OCC(C)NCCCOCCCNCc1nc(N)nc(N)c1-c1cccc(Cl)c1Cl. The van der Waals surface area contributed by atoms with Gasteiger partial charge in [-0.15, -0.1) is 0 Å². The Morgan fingerprint density at radius 3 is 2.37 bits per heavy atom. The van der Waals surface area contributed by atoms with Crippen molar-refractivity contribution in [1.29, 1.82) is 0 Å². The number of nitrogens with two attached hydrogens (primary N) is 2. The molecule has 0 aliphatic carbocycles. The molecule has 0 fully saturated rings. The summed E-state index contributed by atoms with van der Waals surface area (Å²) in [5.74, 6) is 1.36. The normalized spacial score (nSPS) is 12.0. The summed E-state index contributed by atoms with van der Waals surface area (Å²) in [6.45, 7) is 10.4. The maximum Gasteiger partial charge on any atom is 0.222 e. The zero-order valence-corrected chi connectivity index (χ0v) is 23.8. The quantitative estimate of drug-likeness (QED) is 0.188. The number of halogens is 2. The van der Waals surface area contributed by atoms with Gasteiger partial charge in [0.25, 0.3) is 0 Å². The molecule has 0 bridgehead atoms. The number of anilines is 2. The number of nitrogens with one attached hydrogen (secondary N) is 2. The number of benzene rings is 2. The van der Waals surface area contributed by atoms with Gasteiger partial charge < -0.3 is 31.6 Å². The molecule has 6 N–H and O–H groups in total. The molecule has 0 radical (unpaired) electrons. The number of ether oxygens (including phenoxy) is 2. The zero-order chi connectivity index (χ0) is 27.5. The summed E-state index contributed by atoms with van der Waals surface area (Å²) in [7, 11) is 0. The molecule has 0 spiro atoms. The number of nitrogens with zero attached hydrogens (tertiary/aromatic N) is 2. The van der Waals surface area contributed by atoms with Crippen LogP contribution in [-0.2, 0) is 11.3 Å². The molecule has 1 aromatic heterocycles. The molecule has 8 nitrogen and oxygen atoms in total. The van der Waals surface area contributed by atoms with E-state index in [1.54, 1.807) is 6.07 Å². The second-order valence-electron chi connectivity index (χ2n) is 9.27. The number of hydrogen-bond acceptors (Lipinski definition) is 8. The molecule has 1 heterocycles. The molecule has 2 aromatic carbocycles. The van der Waals surface area contributed by atoms with E-state index < -0.39 is 0 Å². The van der Waals surface area contributed by atoms with Gasteiger partial charge in [-0.3, -0.25) is 0 Å². The van der Waals surface area contributed by atoms with E-state index in [-0.39, 0.29) is 17.8 Å². The van der Waals surface area contributed by atoms with Crippen LogP contribution in [0.3, 0.4) is 0 Å². The van der Waals surface area contributed by atoms with Crippen LogP contribution in [0.15, 0.2) is 36.4 Å². The van der Waals surface area contributed by atoms with Crippen LogP contribution in [0.5, 0.6) is 5.75 Å². The number of aromatic nitrogens is 2. The van der Waals surface area contributed by atoms with E-state index in [0.29, 0.717) is 53.2 Å². The molecule has 3 rings (SSSR count). The van der Waals surface area contributed by atoms with Crippen LogP contribution in [0.1, 0.15) is 36.6 Å². The van der Waals surface area contributed by atoms with Crippen LogP contribution in [0, 0.1) is 13.8 Å². The Morgan fingerprint density at radius 1 is 0.947 bits per heavy atom. The first-order chi connectivity index (χ1) is 18.3. The lowest BCUT2D eigenvalue weighted by atomic mass is 10.0. The number of nitrogen functional groups attached to an aromatic ring is 2. The van der Waals surface area contributed by atoms with Crippen LogP contribution in [0.2, 0.25) is 10.0 Å². The number of rotatable bonds is 15. The first-order valence-electron chi connectivity index (χ1n) is 12.8. The van der Waals surface area contributed by atoms with Gasteiger partial charge >= 0.3 is 0 Å². The van der Waals surface area contributed by atoms with E-state index in [2.05, 4.69) is 59.6 Å². The zero-order valence-electron chi connectivity index (χ0n) is 22.3. The van der Waals surface area contributed by atoms with Crippen molar-refractivity contribution in [2.75, 3.05) is 44.4 Å². The fraction of sp³-hybridized carbons (Fsp3) is 0.429. The molecule has 3 aromatic rings. The molecule has 0 saturated heterocycles. The number of para-hydroxylation sites is 1. The monoisotopic (exact) mass is 560 g/mol.